The van der Waals surface area contributed by atoms with Crippen LogP contribution in [0.4, 0.5) is 5.69 Å². The third-order valence-electron chi connectivity index (χ3n) is 2.98. The monoisotopic (exact) mass is 312 g/mol. The maximum absolute atomic E-state index is 12.2. The van der Waals surface area contributed by atoms with Crippen molar-refractivity contribution in [3.05, 3.63) is 38.3 Å². The third kappa shape index (κ3) is 2.87. The highest BCUT2D eigenvalue weighted by atomic mass is 79.9. The van der Waals surface area contributed by atoms with E-state index < -0.39 is 4.92 Å². The number of non-ortho nitro benzene ring substituents is 1. The molecule has 1 aliphatic rings. The SMILES string of the molecule is O=C(c1cc(Br)cc([N+](=O)[O-])c1)N1CCCCC1. The van der Waals surface area contributed by atoms with Crippen molar-refractivity contribution in [2.75, 3.05) is 13.1 Å². The highest BCUT2D eigenvalue weighted by Gasteiger charge is 2.20. The van der Waals surface area contributed by atoms with Crippen LogP contribution in [0.5, 0.6) is 0 Å². The number of benzene rings is 1. The molecule has 0 bridgehead atoms. The third-order valence-corrected chi connectivity index (χ3v) is 3.44. The van der Waals surface area contributed by atoms with Gasteiger partial charge in [-0.05, 0) is 25.3 Å². The Bertz CT molecular complexity index is 484. The molecule has 0 aliphatic carbocycles. The first-order chi connectivity index (χ1) is 8.58. The summed E-state index contributed by atoms with van der Waals surface area (Å²) in [6.45, 7) is 1.47. The number of amides is 1. The van der Waals surface area contributed by atoms with Crippen LogP contribution in [-0.2, 0) is 0 Å². The minimum Gasteiger partial charge on any atom is -0.339 e. The predicted octanol–water partition coefficient (Wildman–Crippen LogP) is 2.98. The summed E-state index contributed by atoms with van der Waals surface area (Å²) in [4.78, 5) is 24.2. The number of hydrogen-bond donors (Lipinski definition) is 0. The fourth-order valence-corrected chi connectivity index (χ4v) is 2.56. The van der Waals surface area contributed by atoms with E-state index in [1.165, 1.54) is 12.1 Å². The lowest BCUT2D eigenvalue weighted by atomic mass is 10.1. The summed E-state index contributed by atoms with van der Waals surface area (Å²) in [6.07, 6.45) is 3.14. The van der Waals surface area contributed by atoms with Gasteiger partial charge < -0.3 is 4.90 Å². The van der Waals surface area contributed by atoms with E-state index in [2.05, 4.69) is 15.9 Å². The van der Waals surface area contributed by atoms with E-state index >= 15 is 0 Å². The van der Waals surface area contributed by atoms with Gasteiger partial charge in [0.1, 0.15) is 0 Å². The molecule has 18 heavy (non-hydrogen) atoms. The van der Waals surface area contributed by atoms with Crippen molar-refractivity contribution in [2.45, 2.75) is 19.3 Å². The molecular weight excluding hydrogens is 300 g/mol. The van der Waals surface area contributed by atoms with Crippen LogP contribution in [0.15, 0.2) is 22.7 Å². The lowest BCUT2D eigenvalue weighted by Crippen LogP contribution is -2.35. The number of carbonyl (C=O) groups is 1. The van der Waals surface area contributed by atoms with Gasteiger partial charge >= 0.3 is 0 Å². The lowest BCUT2D eigenvalue weighted by molar-refractivity contribution is -0.385. The zero-order valence-electron chi connectivity index (χ0n) is 9.76. The molecule has 0 N–H and O–H groups in total. The molecule has 96 valence electrons. The van der Waals surface area contributed by atoms with E-state index in [4.69, 9.17) is 0 Å². The molecule has 0 atom stereocenters. The van der Waals surface area contributed by atoms with Gasteiger partial charge in [0.05, 0.1) is 4.92 Å². The van der Waals surface area contributed by atoms with Crippen molar-refractivity contribution in [1.29, 1.82) is 0 Å². The van der Waals surface area contributed by atoms with Gasteiger partial charge in [-0.2, -0.15) is 0 Å². The smallest absolute Gasteiger partial charge is 0.271 e. The van der Waals surface area contributed by atoms with Crippen LogP contribution in [0.1, 0.15) is 29.6 Å². The summed E-state index contributed by atoms with van der Waals surface area (Å²) in [5.74, 6) is -0.126. The van der Waals surface area contributed by atoms with Crippen molar-refractivity contribution in [2.24, 2.45) is 0 Å². The summed E-state index contributed by atoms with van der Waals surface area (Å²) < 4.78 is 0.553. The number of nitrogens with zero attached hydrogens (tertiary/aromatic N) is 2. The average Bonchev–Trinajstić information content (AvgIpc) is 2.38. The molecule has 1 amide bonds. The number of likely N-dealkylation sites (tertiary alicyclic amines) is 1. The summed E-state index contributed by atoms with van der Waals surface area (Å²) in [7, 11) is 0. The van der Waals surface area contributed by atoms with Gasteiger partial charge in [0, 0.05) is 35.3 Å². The van der Waals surface area contributed by atoms with E-state index in [1.807, 2.05) is 0 Å². The van der Waals surface area contributed by atoms with Gasteiger partial charge in [-0.25, -0.2) is 0 Å². The van der Waals surface area contributed by atoms with E-state index in [-0.39, 0.29) is 11.6 Å². The van der Waals surface area contributed by atoms with Crippen LogP contribution >= 0.6 is 15.9 Å². The summed E-state index contributed by atoms with van der Waals surface area (Å²) >= 11 is 3.20. The van der Waals surface area contributed by atoms with Gasteiger partial charge in [0.25, 0.3) is 11.6 Å². The molecule has 1 aliphatic heterocycles. The first-order valence-electron chi connectivity index (χ1n) is 5.82. The molecular formula is C12H13BrN2O3. The van der Waals surface area contributed by atoms with E-state index in [9.17, 15) is 14.9 Å². The minimum absolute atomic E-state index is 0.0651. The van der Waals surface area contributed by atoms with Crippen molar-refractivity contribution < 1.29 is 9.72 Å². The minimum atomic E-state index is -0.488. The molecule has 2 rings (SSSR count). The first kappa shape index (κ1) is 13.0. The van der Waals surface area contributed by atoms with Gasteiger partial charge in [-0.1, -0.05) is 15.9 Å². The van der Waals surface area contributed by atoms with Crippen LogP contribution in [0.2, 0.25) is 0 Å². The largest absolute Gasteiger partial charge is 0.339 e. The number of hydrogen-bond acceptors (Lipinski definition) is 3. The number of carbonyl (C=O) groups excluding carboxylic acids is 1. The zero-order valence-corrected chi connectivity index (χ0v) is 11.4. The Morgan fingerprint density at radius 1 is 1.22 bits per heavy atom. The van der Waals surface area contributed by atoms with Gasteiger partial charge in [-0.15, -0.1) is 0 Å². The standard InChI is InChI=1S/C12H13BrN2O3/c13-10-6-9(7-11(8-10)15(17)18)12(16)14-4-2-1-3-5-14/h6-8H,1-5H2. The van der Waals surface area contributed by atoms with Gasteiger partial charge in [0.15, 0.2) is 0 Å². The summed E-state index contributed by atoms with van der Waals surface area (Å²) in [6, 6.07) is 4.36. The lowest BCUT2D eigenvalue weighted by Gasteiger charge is -2.26. The van der Waals surface area contributed by atoms with E-state index in [0.717, 1.165) is 32.4 Å². The number of rotatable bonds is 2. The predicted molar refractivity (Wildman–Crippen MR) is 70.6 cm³/mol. The average molecular weight is 313 g/mol. The molecule has 6 heteroatoms. The van der Waals surface area contributed by atoms with Crippen LogP contribution in [0.25, 0.3) is 0 Å². The van der Waals surface area contributed by atoms with E-state index in [1.54, 1.807) is 11.0 Å². The molecule has 0 unspecified atom stereocenters. The second kappa shape index (κ2) is 5.48. The van der Waals surface area contributed by atoms with Gasteiger partial charge in [0.2, 0.25) is 0 Å². The molecule has 5 nitrogen and oxygen atoms in total. The van der Waals surface area contributed by atoms with Crippen molar-refractivity contribution in [1.82, 2.24) is 4.90 Å². The fraction of sp³-hybridized carbons (Fsp3) is 0.417. The van der Waals surface area contributed by atoms with Crippen LogP contribution in [0.3, 0.4) is 0 Å². The number of nitro groups is 1. The molecule has 1 heterocycles. The molecule has 0 saturated carbocycles. The summed E-state index contributed by atoms with van der Waals surface area (Å²) in [5, 5.41) is 10.8. The van der Waals surface area contributed by atoms with Gasteiger partial charge in [-0.3, -0.25) is 14.9 Å². The normalized spacial score (nSPS) is 15.5. The Labute approximate surface area is 113 Å². The summed E-state index contributed by atoms with van der Waals surface area (Å²) in [5.41, 5.74) is 0.308. The molecule has 0 aromatic heterocycles. The topological polar surface area (TPSA) is 63.4 Å². The first-order valence-corrected chi connectivity index (χ1v) is 6.61. The second-order valence-electron chi connectivity index (χ2n) is 4.31. The Morgan fingerprint density at radius 2 is 1.89 bits per heavy atom. The molecule has 1 aromatic carbocycles. The number of halogens is 1. The molecule has 1 saturated heterocycles. The quantitative estimate of drug-likeness (QED) is 0.623. The van der Waals surface area contributed by atoms with Crippen molar-refractivity contribution in [3.8, 4) is 0 Å². The number of nitro benzene ring substituents is 1. The van der Waals surface area contributed by atoms with Crippen molar-refractivity contribution >= 4 is 27.5 Å². The van der Waals surface area contributed by atoms with Crippen LogP contribution in [-0.4, -0.2) is 28.8 Å². The second-order valence-corrected chi connectivity index (χ2v) is 5.22. The Morgan fingerprint density at radius 3 is 2.50 bits per heavy atom. The van der Waals surface area contributed by atoms with Crippen molar-refractivity contribution in [3.63, 3.8) is 0 Å². The maximum Gasteiger partial charge on any atom is 0.271 e. The molecule has 1 fully saturated rings. The number of piperidine rings is 1. The molecule has 0 spiro atoms. The molecule has 1 aromatic rings. The Balaban J connectivity index is 2.26. The van der Waals surface area contributed by atoms with Crippen LogP contribution < -0.4 is 0 Å². The zero-order chi connectivity index (χ0) is 13.1. The highest BCUT2D eigenvalue weighted by Crippen LogP contribution is 2.23. The van der Waals surface area contributed by atoms with E-state index in [0.29, 0.717) is 10.0 Å². The Hall–Kier alpha value is -1.43. The fourth-order valence-electron chi connectivity index (χ4n) is 2.08. The molecule has 0 radical (unpaired) electrons. The highest BCUT2D eigenvalue weighted by molar-refractivity contribution is 9.10. The maximum atomic E-state index is 12.2. The Kier molecular flexibility index (Phi) is 3.96. The van der Waals surface area contributed by atoms with Crippen LogP contribution in [0, 0.1) is 10.1 Å².